The maximum atomic E-state index is 8.89. The van der Waals surface area contributed by atoms with Crippen molar-refractivity contribution in [1.82, 2.24) is 19.9 Å². The Hall–Kier alpha value is -5.07. The van der Waals surface area contributed by atoms with Crippen LogP contribution in [0.3, 0.4) is 0 Å². The van der Waals surface area contributed by atoms with Gasteiger partial charge in [-0.1, -0.05) is 48.5 Å². The third-order valence-electron chi connectivity index (χ3n) is 7.33. The molecule has 2 aromatic carbocycles. The number of aliphatic hydroxyl groups excluding tert-OH is 4. The predicted molar refractivity (Wildman–Crippen MR) is 226 cm³/mol. The molecule has 6 aromatic rings. The standard InChI is InChI=1S/C37H34N6.2C2H4O2.4CH4O.2ClHO4.2Zn/c1-5-21-38-32(9-1)26-42(27-33-10-2-6-22-39-33)36-17-13-30(14-18-36)25-31-15-19-37(20-16-31)43(28-34-11-3-7-23-40-34)29-35-12-4-8-24-41-35;2*1-2(3)4;4*1-2;2*2-1(3,4)5;;/h1-24H,25-29H2;2*1H3,(H,3,4);4*2H,1H3;2*(H,2,3,4,5);;/q;;;;;;;;;2*+2/p-4. The van der Waals surface area contributed by atoms with Crippen molar-refractivity contribution in [2.45, 2.75) is 46.4 Å². The first-order valence-corrected chi connectivity index (χ1v) is 21.9. The van der Waals surface area contributed by atoms with E-state index < -0.39 is 32.4 Å². The van der Waals surface area contributed by atoms with Gasteiger partial charge >= 0.3 is 39.0 Å². The summed E-state index contributed by atoms with van der Waals surface area (Å²) in [6.07, 6.45) is 8.25. The molecular weight excluding hydrogens is 1080 g/mol. The Morgan fingerprint density at radius 1 is 0.408 bits per heavy atom. The number of pyridine rings is 4. The molecule has 71 heavy (non-hydrogen) atoms. The molecule has 0 radical (unpaired) electrons. The first-order valence-electron chi connectivity index (χ1n) is 19.4. The van der Waals surface area contributed by atoms with Crippen molar-refractivity contribution in [2.75, 3.05) is 38.2 Å². The molecule has 22 nitrogen and oxygen atoms in total. The minimum atomic E-state index is -4.94. The van der Waals surface area contributed by atoms with Crippen molar-refractivity contribution in [3.8, 4) is 0 Å². The average Bonchev–Trinajstić information content (AvgIpc) is 3.32. The molecule has 0 fully saturated rings. The van der Waals surface area contributed by atoms with E-state index in [0.717, 1.165) is 82.9 Å². The number of carboxylic acid groups (broad SMARTS) is 2. The fourth-order valence-corrected chi connectivity index (χ4v) is 5.11. The minimum Gasteiger partial charge on any atom is -0.550 e. The number of rotatable bonds is 12. The van der Waals surface area contributed by atoms with Gasteiger partial charge in [-0.2, -0.15) is 0 Å². The van der Waals surface area contributed by atoms with E-state index in [2.05, 4.69) is 103 Å². The van der Waals surface area contributed by atoms with Gasteiger partial charge in [-0.3, -0.25) is 19.9 Å². The van der Waals surface area contributed by atoms with E-state index in [-0.39, 0.29) is 39.0 Å². The van der Waals surface area contributed by atoms with Crippen LogP contribution in [0.15, 0.2) is 146 Å². The SMILES string of the molecule is CC(=O)[O-].CC(=O)[O-].CO.CO.CO.CO.[O-][Cl+3]([O-])([O-])[O-].[O-][Cl+3]([O-])([O-])[O-].[Zn+2].[Zn+2].c1ccc(CN(Cc2ccccn2)c2ccc(Cc3ccc(N(Cc4ccccn4)Cc4ccccn4)cc3)cc2)nc1. The fourth-order valence-electron chi connectivity index (χ4n) is 5.11. The van der Waals surface area contributed by atoms with Crippen LogP contribution in [0.25, 0.3) is 0 Å². The molecule has 0 amide bonds. The molecule has 4 heterocycles. The second-order valence-electron chi connectivity index (χ2n) is 12.2. The normalized spacial score (nSPS) is 9.27. The van der Waals surface area contributed by atoms with Gasteiger partial charge in [-0.25, -0.2) is 37.3 Å². The maximum absolute atomic E-state index is 8.89. The number of aliphatic hydroxyl groups is 4. The first kappa shape index (κ1) is 74.9. The summed E-state index contributed by atoms with van der Waals surface area (Å²) in [6, 6.07) is 41.9. The number of hydrogen-bond donors (Lipinski definition) is 4. The van der Waals surface area contributed by atoms with Crippen LogP contribution in [0.5, 0.6) is 0 Å². The van der Waals surface area contributed by atoms with Gasteiger partial charge in [0, 0.05) is 76.5 Å². The molecule has 0 bridgehead atoms. The monoisotopic (exact) mass is 1130 g/mol. The second kappa shape index (κ2) is 46.0. The average molecular weight is 1140 g/mol. The van der Waals surface area contributed by atoms with E-state index >= 15 is 0 Å². The fraction of sp³-hybridized carbons (Fsp3) is 0.244. The summed E-state index contributed by atoms with van der Waals surface area (Å²) in [5.41, 5.74) is 8.96. The zero-order valence-electron chi connectivity index (χ0n) is 39.9. The van der Waals surface area contributed by atoms with Gasteiger partial charge in [0.2, 0.25) is 0 Å². The molecule has 0 spiro atoms. The Labute approximate surface area is 442 Å². The molecule has 0 aliphatic rings. The number of carbonyl (C=O) groups excluding carboxylic acids is 2. The summed E-state index contributed by atoms with van der Waals surface area (Å²) in [4.78, 5) is 40.6. The zero-order valence-corrected chi connectivity index (χ0v) is 47.4. The largest absolute Gasteiger partial charge is 2.00 e. The summed E-state index contributed by atoms with van der Waals surface area (Å²) in [7, 11) is -5.89. The molecule has 0 aliphatic carbocycles. The van der Waals surface area contributed by atoms with Crippen molar-refractivity contribution in [3.05, 3.63) is 180 Å². The summed E-state index contributed by atoms with van der Waals surface area (Å²) in [5, 5.41) is 45.8. The quantitative estimate of drug-likeness (QED) is 0.0828. The van der Waals surface area contributed by atoms with Crippen molar-refractivity contribution >= 4 is 23.3 Å². The molecule has 0 unspecified atom stereocenters. The van der Waals surface area contributed by atoms with Crippen LogP contribution in [0.2, 0.25) is 0 Å². The summed E-state index contributed by atoms with van der Waals surface area (Å²) >= 11 is 0. The number of carbonyl (C=O) groups is 2. The van der Waals surface area contributed by atoms with Crippen LogP contribution in [-0.4, -0.2) is 80.7 Å². The van der Waals surface area contributed by atoms with Crippen LogP contribution >= 0.6 is 0 Å². The third kappa shape index (κ3) is 45.8. The Kier molecular flexibility index (Phi) is 48.5. The molecular formula is C45H56Cl2N6O16Zn2. The number of halogens is 2. The molecule has 6 rings (SSSR count). The number of hydrogen-bond acceptors (Lipinski definition) is 22. The van der Waals surface area contributed by atoms with Crippen LogP contribution in [0.1, 0.15) is 47.8 Å². The topological polar surface area (TPSA) is 404 Å². The number of aromatic nitrogens is 4. The third-order valence-corrected chi connectivity index (χ3v) is 7.33. The summed E-state index contributed by atoms with van der Waals surface area (Å²) in [6.45, 7) is 4.80. The van der Waals surface area contributed by atoms with Gasteiger partial charge in [0.25, 0.3) is 0 Å². The van der Waals surface area contributed by atoms with Crippen LogP contribution in [0, 0.1) is 20.5 Å². The van der Waals surface area contributed by atoms with Crippen molar-refractivity contribution in [3.63, 3.8) is 0 Å². The van der Waals surface area contributed by atoms with Crippen molar-refractivity contribution in [1.29, 1.82) is 0 Å². The molecule has 26 heteroatoms. The van der Waals surface area contributed by atoms with E-state index in [4.69, 9.17) is 77.5 Å². The Balaban J connectivity index is -0.000000436. The van der Waals surface area contributed by atoms with Crippen LogP contribution in [-0.2, 0) is 81.1 Å². The van der Waals surface area contributed by atoms with Gasteiger partial charge in [-0.05, 0) is 104 Å². The van der Waals surface area contributed by atoms with Crippen LogP contribution < -0.4 is 57.3 Å². The number of anilines is 2. The van der Waals surface area contributed by atoms with Crippen molar-refractivity contribution in [2.24, 2.45) is 0 Å². The minimum absolute atomic E-state index is 0. The number of nitrogens with zero attached hydrogens (tertiary/aromatic N) is 6. The Morgan fingerprint density at radius 3 is 0.746 bits per heavy atom. The van der Waals surface area contributed by atoms with Gasteiger partial charge < -0.3 is 50.0 Å². The van der Waals surface area contributed by atoms with E-state index in [1.54, 1.807) is 0 Å². The number of carboxylic acids is 2. The molecule has 4 N–H and O–H groups in total. The smallest absolute Gasteiger partial charge is 0.550 e. The predicted octanol–water partition coefficient (Wildman–Crippen LogP) is -6.30. The Morgan fingerprint density at radius 2 is 0.592 bits per heavy atom. The summed E-state index contributed by atoms with van der Waals surface area (Å²) < 4.78 is 67.9. The molecule has 0 atom stereocenters. The maximum Gasteiger partial charge on any atom is 2.00 e. The van der Waals surface area contributed by atoms with E-state index in [0.29, 0.717) is 26.2 Å². The molecule has 0 saturated heterocycles. The second-order valence-corrected chi connectivity index (χ2v) is 13.8. The Bertz CT molecular complexity index is 1870. The number of benzene rings is 2. The molecule has 0 aliphatic heterocycles. The van der Waals surface area contributed by atoms with Crippen LogP contribution in [0.4, 0.5) is 11.4 Å². The molecule has 4 aromatic heterocycles. The van der Waals surface area contributed by atoms with Gasteiger partial charge in [0.05, 0.1) is 49.0 Å². The number of aliphatic carboxylic acids is 2. The van der Waals surface area contributed by atoms with E-state index in [9.17, 15) is 0 Å². The molecule has 0 saturated carbocycles. The van der Waals surface area contributed by atoms with Crippen molar-refractivity contribution < 1.29 is 137 Å². The van der Waals surface area contributed by atoms with E-state index in [1.807, 2.05) is 73.3 Å². The zero-order chi connectivity index (χ0) is 53.3. The summed E-state index contributed by atoms with van der Waals surface area (Å²) in [5.74, 6) is -2.17. The van der Waals surface area contributed by atoms with E-state index in [1.165, 1.54) is 11.1 Å². The van der Waals surface area contributed by atoms with Gasteiger partial charge in [-0.15, -0.1) is 20.5 Å². The van der Waals surface area contributed by atoms with Gasteiger partial charge in [0.1, 0.15) is 0 Å². The molecule has 380 valence electrons. The van der Waals surface area contributed by atoms with Gasteiger partial charge in [0.15, 0.2) is 0 Å². The first-order chi connectivity index (χ1) is 32.7.